The number of amides is 1. The molecule has 2 fully saturated rings. The van der Waals surface area contributed by atoms with E-state index in [-0.39, 0.29) is 31.1 Å². The Kier molecular flexibility index (Phi) is 3.48. The lowest BCUT2D eigenvalue weighted by atomic mass is 9.89. The number of nitrogens with zero attached hydrogens (tertiary/aromatic N) is 1. The molecule has 0 saturated carbocycles. The van der Waals surface area contributed by atoms with E-state index >= 15 is 0 Å². The van der Waals surface area contributed by atoms with Crippen LogP contribution >= 0.6 is 0 Å². The Morgan fingerprint density at radius 3 is 2.82 bits per heavy atom. The molecule has 3 rings (SSSR count). The number of esters is 1. The maximum absolute atomic E-state index is 12.7. The summed E-state index contributed by atoms with van der Waals surface area (Å²) in [6, 6.07) is 9.36. The van der Waals surface area contributed by atoms with Crippen LogP contribution in [0.4, 0.5) is 0 Å². The maximum Gasteiger partial charge on any atom is 0.340 e. The average molecular weight is 299 g/mol. The largest absolute Gasteiger partial charge is 0.472 e. The highest BCUT2D eigenvalue weighted by molar-refractivity contribution is 5.95. The smallest absolute Gasteiger partial charge is 0.340 e. The first-order valence-corrected chi connectivity index (χ1v) is 7.10. The molecule has 0 aliphatic carbocycles. The van der Waals surface area contributed by atoms with Crippen LogP contribution in [0.5, 0.6) is 0 Å². The first kappa shape index (κ1) is 14.4. The standard InChI is InChI=1S/C17H17NO4/c1-3-9-17(12(2)22-15-10-14(19)18(15)17)16(20)21-11-13-7-5-4-6-8-13/h3-8,15H,1-2,9-11H2/t15-,17?/m1/s1. The van der Waals surface area contributed by atoms with Crippen molar-refractivity contribution < 1.29 is 19.1 Å². The summed E-state index contributed by atoms with van der Waals surface area (Å²) in [7, 11) is 0. The minimum atomic E-state index is -1.28. The van der Waals surface area contributed by atoms with Gasteiger partial charge in [0.25, 0.3) is 0 Å². The Balaban J connectivity index is 1.81. The number of ether oxygens (including phenoxy) is 2. The Morgan fingerprint density at radius 2 is 2.18 bits per heavy atom. The van der Waals surface area contributed by atoms with Gasteiger partial charge in [0.1, 0.15) is 12.4 Å². The number of carbonyl (C=O) groups excluding carboxylic acids is 2. The highest BCUT2D eigenvalue weighted by atomic mass is 16.6. The highest BCUT2D eigenvalue weighted by Crippen LogP contribution is 2.46. The summed E-state index contributed by atoms with van der Waals surface area (Å²) in [5.41, 5.74) is -0.406. The van der Waals surface area contributed by atoms with E-state index in [0.29, 0.717) is 0 Å². The number of hydrogen-bond acceptors (Lipinski definition) is 4. The quantitative estimate of drug-likeness (QED) is 0.475. The summed E-state index contributed by atoms with van der Waals surface area (Å²) in [6.07, 6.45) is 1.65. The Bertz CT molecular complexity index is 639. The number of benzene rings is 1. The van der Waals surface area contributed by atoms with Crippen LogP contribution in [0, 0.1) is 0 Å². The van der Waals surface area contributed by atoms with Crippen molar-refractivity contribution in [1.82, 2.24) is 4.90 Å². The zero-order valence-electron chi connectivity index (χ0n) is 12.2. The number of carbonyl (C=O) groups is 2. The first-order valence-electron chi connectivity index (χ1n) is 7.10. The van der Waals surface area contributed by atoms with Gasteiger partial charge in [-0.15, -0.1) is 6.58 Å². The molecular formula is C17H17NO4. The topological polar surface area (TPSA) is 55.8 Å². The van der Waals surface area contributed by atoms with Crippen LogP contribution in [-0.2, 0) is 25.7 Å². The van der Waals surface area contributed by atoms with E-state index in [2.05, 4.69) is 13.2 Å². The van der Waals surface area contributed by atoms with Crippen LogP contribution in [0.15, 0.2) is 55.3 Å². The molecule has 5 nitrogen and oxygen atoms in total. The second-order valence-electron chi connectivity index (χ2n) is 5.38. The van der Waals surface area contributed by atoms with Crippen molar-refractivity contribution in [2.75, 3.05) is 0 Å². The van der Waals surface area contributed by atoms with Crippen molar-refractivity contribution >= 4 is 11.9 Å². The minimum Gasteiger partial charge on any atom is -0.472 e. The van der Waals surface area contributed by atoms with Gasteiger partial charge in [-0.05, 0) is 5.56 Å². The summed E-state index contributed by atoms with van der Waals surface area (Å²) in [5.74, 6) is -0.416. The molecule has 0 N–H and O–H groups in total. The molecule has 2 atom stereocenters. The van der Waals surface area contributed by atoms with E-state index in [1.165, 1.54) is 4.90 Å². The molecule has 2 saturated heterocycles. The molecule has 0 radical (unpaired) electrons. The lowest BCUT2D eigenvalue weighted by Crippen LogP contribution is -2.62. The first-order chi connectivity index (χ1) is 10.6. The molecule has 2 aliphatic rings. The van der Waals surface area contributed by atoms with E-state index in [4.69, 9.17) is 9.47 Å². The van der Waals surface area contributed by atoms with E-state index in [9.17, 15) is 9.59 Å². The third kappa shape index (κ3) is 2.01. The van der Waals surface area contributed by atoms with Gasteiger partial charge in [0.2, 0.25) is 11.4 Å². The fourth-order valence-electron chi connectivity index (χ4n) is 2.90. The molecule has 1 amide bonds. The van der Waals surface area contributed by atoms with Crippen LogP contribution in [0.1, 0.15) is 18.4 Å². The van der Waals surface area contributed by atoms with Crippen molar-refractivity contribution in [3.8, 4) is 0 Å². The Morgan fingerprint density at radius 1 is 1.45 bits per heavy atom. The second-order valence-corrected chi connectivity index (χ2v) is 5.38. The van der Waals surface area contributed by atoms with Crippen LogP contribution < -0.4 is 0 Å². The van der Waals surface area contributed by atoms with Crippen molar-refractivity contribution in [2.45, 2.75) is 31.2 Å². The number of β-lactam (4-membered cyclic amide) rings is 1. The van der Waals surface area contributed by atoms with Gasteiger partial charge in [0.05, 0.1) is 6.42 Å². The Hall–Kier alpha value is -2.56. The third-order valence-corrected chi connectivity index (χ3v) is 4.05. The van der Waals surface area contributed by atoms with Gasteiger partial charge in [-0.2, -0.15) is 0 Å². The van der Waals surface area contributed by atoms with E-state index in [0.717, 1.165) is 5.56 Å². The second kappa shape index (κ2) is 5.33. The molecule has 0 spiro atoms. The van der Waals surface area contributed by atoms with Gasteiger partial charge in [-0.3, -0.25) is 9.69 Å². The van der Waals surface area contributed by atoms with Gasteiger partial charge in [0, 0.05) is 6.42 Å². The predicted octanol–water partition coefficient (Wildman–Crippen LogP) is 2.15. The summed E-state index contributed by atoms with van der Waals surface area (Å²) in [6.45, 7) is 7.62. The maximum atomic E-state index is 12.7. The summed E-state index contributed by atoms with van der Waals surface area (Å²) >= 11 is 0. The van der Waals surface area contributed by atoms with Crippen molar-refractivity contribution in [3.05, 3.63) is 60.9 Å². The third-order valence-electron chi connectivity index (χ3n) is 4.05. The lowest BCUT2D eigenvalue weighted by Gasteiger charge is -2.40. The average Bonchev–Trinajstić information content (AvgIpc) is 2.74. The molecule has 5 heteroatoms. The molecule has 0 bridgehead atoms. The summed E-state index contributed by atoms with van der Waals surface area (Å²) < 4.78 is 11.0. The molecule has 2 heterocycles. The summed E-state index contributed by atoms with van der Waals surface area (Å²) in [5, 5.41) is 0. The summed E-state index contributed by atoms with van der Waals surface area (Å²) in [4.78, 5) is 26.0. The van der Waals surface area contributed by atoms with Crippen LogP contribution in [0.3, 0.4) is 0 Å². The molecule has 2 aliphatic heterocycles. The normalized spacial score (nSPS) is 26.0. The van der Waals surface area contributed by atoms with Gasteiger partial charge < -0.3 is 9.47 Å². The molecule has 22 heavy (non-hydrogen) atoms. The van der Waals surface area contributed by atoms with Crippen molar-refractivity contribution in [3.63, 3.8) is 0 Å². The molecule has 1 aromatic carbocycles. The van der Waals surface area contributed by atoms with Gasteiger partial charge in [-0.25, -0.2) is 4.79 Å². The van der Waals surface area contributed by atoms with Gasteiger partial charge in [0.15, 0.2) is 6.23 Å². The van der Waals surface area contributed by atoms with E-state index in [1.54, 1.807) is 6.08 Å². The van der Waals surface area contributed by atoms with Crippen molar-refractivity contribution in [1.29, 1.82) is 0 Å². The minimum absolute atomic E-state index is 0.137. The van der Waals surface area contributed by atoms with Crippen LogP contribution in [0.25, 0.3) is 0 Å². The SMILES string of the molecule is C=CCC1(C(=O)OCc2ccccc2)C(=C)O[C@@H]2CC(=O)N21. The zero-order chi connectivity index (χ0) is 15.7. The van der Waals surface area contributed by atoms with E-state index in [1.807, 2.05) is 30.3 Å². The molecular weight excluding hydrogens is 282 g/mol. The Labute approximate surface area is 128 Å². The van der Waals surface area contributed by atoms with E-state index < -0.39 is 17.7 Å². The molecule has 1 aromatic rings. The lowest BCUT2D eigenvalue weighted by molar-refractivity contribution is -0.174. The van der Waals surface area contributed by atoms with Crippen molar-refractivity contribution in [2.24, 2.45) is 0 Å². The molecule has 1 unspecified atom stereocenters. The fourth-order valence-corrected chi connectivity index (χ4v) is 2.90. The van der Waals surface area contributed by atoms with Gasteiger partial charge in [-0.1, -0.05) is 43.0 Å². The van der Waals surface area contributed by atoms with Gasteiger partial charge >= 0.3 is 5.97 Å². The number of rotatable bonds is 5. The molecule has 0 aromatic heterocycles. The van der Waals surface area contributed by atoms with Crippen LogP contribution in [-0.4, -0.2) is 28.5 Å². The fraction of sp³-hybridized carbons (Fsp3) is 0.294. The number of hydrogen-bond donors (Lipinski definition) is 0. The predicted molar refractivity (Wildman–Crippen MR) is 79.3 cm³/mol. The number of fused-ring (bicyclic) bond motifs is 1. The monoisotopic (exact) mass is 299 g/mol. The zero-order valence-corrected chi connectivity index (χ0v) is 12.2. The van der Waals surface area contributed by atoms with Crippen LogP contribution in [0.2, 0.25) is 0 Å². The molecule has 114 valence electrons. The highest BCUT2D eigenvalue weighted by Gasteiger charge is 2.64.